The largest absolute Gasteiger partial charge is 0.294 e. The summed E-state index contributed by atoms with van der Waals surface area (Å²) in [5.41, 5.74) is 0.272. The highest BCUT2D eigenvalue weighted by Gasteiger charge is 2.39. The van der Waals surface area contributed by atoms with E-state index in [0.717, 1.165) is 0 Å². The first kappa shape index (κ1) is 11.0. The summed E-state index contributed by atoms with van der Waals surface area (Å²) in [4.78, 5) is 23.3. The highest BCUT2D eigenvalue weighted by Crippen LogP contribution is 2.24. The van der Waals surface area contributed by atoms with Crippen LogP contribution in [0.4, 0.5) is 0 Å². The van der Waals surface area contributed by atoms with E-state index in [0.29, 0.717) is 0 Å². The van der Waals surface area contributed by atoms with Gasteiger partial charge in [-0.25, -0.2) is 0 Å². The van der Waals surface area contributed by atoms with Crippen molar-refractivity contribution < 1.29 is 22.6 Å². The number of Topliss-reactive ketones (excluding diaryl/α,β-unsaturated/α-hetero) is 2. The summed E-state index contributed by atoms with van der Waals surface area (Å²) in [6.07, 6.45) is -0.491. The van der Waals surface area contributed by atoms with Crippen LogP contribution < -0.4 is 0 Å². The van der Waals surface area contributed by atoms with Crippen LogP contribution in [0.2, 0.25) is 0 Å². The van der Waals surface area contributed by atoms with Gasteiger partial charge in [0.2, 0.25) is 0 Å². The van der Waals surface area contributed by atoms with Gasteiger partial charge in [0, 0.05) is 17.5 Å². The fourth-order valence-electron chi connectivity index (χ4n) is 1.73. The first-order valence-electron chi connectivity index (χ1n) is 4.54. The summed E-state index contributed by atoms with van der Waals surface area (Å²) in [6.45, 7) is 0. The molecule has 0 bridgehead atoms. The maximum absolute atomic E-state index is 11.7. The molecule has 5 nitrogen and oxygen atoms in total. The molecule has 1 aromatic rings. The number of ketones is 2. The molecular weight excluding hydrogens is 232 g/mol. The molecule has 1 aromatic carbocycles. The third-order valence-corrected chi connectivity index (χ3v) is 3.62. The van der Waals surface area contributed by atoms with Crippen LogP contribution in [0.25, 0.3) is 0 Å². The number of benzene rings is 1. The van der Waals surface area contributed by atoms with Gasteiger partial charge >= 0.3 is 0 Å². The minimum Gasteiger partial charge on any atom is -0.294 e. The minimum absolute atomic E-state index is 0.0568. The van der Waals surface area contributed by atoms with Crippen molar-refractivity contribution in [1.29, 1.82) is 0 Å². The van der Waals surface area contributed by atoms with Crippen LogP contribution >= 0.6 is 0 Å². The molecule has 0 heterocycles. The molecule has 0 saturated carbocycles. The van der Waals surface area contributed by atoms with Gasteiger partial charge in [-0.15, -0.1) is 0 Å². The first-order chi connectivity index (χ1) is 7.41. The molecule has 1 N–H and O–H groups in total. The van der Waals surface area contributed by atoms with E-state index in [1.165, 1.54) is 18.2 Å². The van der Waals surface area contributed by atoms with Crippen LogP contribution in [-0.4, -0.2) is 29.8 Å². The third kappa shape index (κ3) is 1.66. The summed E-state index contributed by atoms with van der Waals surface area (Å²) in [5.74, 6) is -1.17. The van der Waals surface area contributed by atoms with E-state index < -0.39 is 33.4 Å². The van der Waals surface area contributed by atoms with E-state index in [-0.39, 0.29) is 11.1 Å². The molecule has 1 aliphatic rings. The lowest BCUT2D eigenvalue weighted by Crippen LogP contribution is -2.37. The van der Waals surface area contributed by atoms with Crippen LogP contribution in [0.3, 0.4) is 0 Å². The Morgan fingerprint density at radius 3 is 2.25 bits per heavy atom. The Balaban J connectivity index is 2.59. The lowest BCUT2D eigenvalue weighted by molar-refractivity contribution is 0.0891. The second-order valence-corrected chi connectivity index (χ2v) is 5.14. The van der Waals surface area contributed by atoms with Gasteiger partial charge in [0.25, 0.3) is 10.1 Å². The Morgan fingerprint density at radius 2 is 1.69 bits per heavy atom. The van der Waals surface area contributed by atoms with Gasteiger partial charge in [0.1, 0.15) is 0 Å². The molecule has 0 fully saturated rings. The quantitative estimate of drug-likeness (QED) is 0.730. The van der Waals surface area contributed by atoms with Crippen molar-refractivity contribution in [2.24, 2.45) is 0 Å². The van der Waals surface area contributed by atoms with Crippen LogP contribution in [0, 0.1) is 0 Å². The van der Waals surface area contributed by atoms with Crippen LogP contribution in [0.1, 0.15) is 27.1 Å². The topological polar surface area (TPSA) is 88.5 Å². The highest BCUT2D eigenvalue weighted by atomic mass is 32.2. The molecule has 1 aliphatic carbocycles. The van der Waals surface area contributed by atoms with Gasteiger partial charge in [-0.2, -0.15) is 8.42 Å². The molecule has 84 valence electrons. The van der Waals surface area contributed by atoms with E-state index in [2.05, 4.69) is 0 Å². The summed E-state index contributed by atoms with van der Waals surface area (Å²) in [7, 11) is -4.52. The lowest BCUT2D eigenvalue weighted by Gasteiger charge is -2.19. The van der Waals surface area contributed by atoms with Crippen molar-refractivity contribution >= 4 is 21.7 Å². The van der Waals surface area contributed by atoms with Gasteiger partial charge < -0.3 is 0 Å². The van der Waals surface area contributed by atoms with Crippen molar-refractivity contribution in [2.45, 2.75) is 11.7 Å². The molecule has 1 atom stereocenters. The van der Waals surface area contributed by atoms with Crippen molar-refractivity contribution in [3.8, 4) is 0 Å². The number of fused-ring (bicyclic) bond motifs is 1. The number of hydrogen-bond donors (Lipinski definition) is 1. The second-order valence-electron chi connectivity index (χ2n) is 3.54. The van der Waals surface area contributed by atoms with E-state index in [4.69, 9.17) is 4.55 Å². The Labute approximate surface area is 91.8 Å². The molecule has 0 radical (unpaired) electrons. The predicted octanol–water partition coefficient (Wildman–Crippen LogP) is 0.712. The second kappa shape index (κ2) is 3.50. The zero-order valence-corrected chi connectivity index (χ0v) is 8.90. The van der Waals surface area contributed by atoms with Crippen molar-refractivity contribution in [3.63, 3.8) is 0 Å². The van der Waals surface area contributed by atoms with Crippen LogP contribution in [-0.2, 0) is 10.1 Å². The van der Waals surface area contributed by atoms with Crippen molar-refractivity contribution in [2.75, 3.05) is 0 Å². The molecule has 0 amide bonds. The standard InChI is InChI=1S/C10H8O5S/c11-8-5-9(16(13,14)15)10(12)7-4-2-1-3-6(7)8/h1-4,9H,5H2,(H,13,14,15)/t9-/m1/s1. The van der Waals surface area contributed by atoms with Gasteiger partial charge in [0.15, 0.2) is 16.8 Å². The molecule has 0 spiro atoms. The maximum atomic E-state index is 11.7. The molecule has 0 unspecified atom stereocenters. The van der Waals surface area contributed by atoms with Crippen molar-refractivity contribution in [3.05, 3.63) is 35.4 Å². The van der Waals surface area contributed by atoms with E-state index in [9.17, 15) is 18.0 Å². The summed E-state index contributed by atoms with van der Waals surface area (Å²) in [5, 5.41) is -1.66. The van der Waals surface area contributed by atoms with Gasteiger partial charge in [-0.05, 0) is 0 Å². The molecule has 0 aromatic heterocycles. The zero-order valence-electron chi connectivity index (χ0n) is 8.08. The summed E-state index contributed by atoms with van der Waals surface area (Å²) in [6, 6.07) is 5.98. The Kier molecular flexibility index (Phi) is 2.40. The maximum Gasteiger partial charge on any atom is 0.275 e. The van der Waals surface area contributed by atoms with E-state index in [1.807, 2.05) is 0 Å². The van der Waals surface area contributed by atoms with E-state index in [1.54, 1.807) is 6.07 Å². The lowest BCUT2D eigenvalue weighted by atomic mass is 9.89. The average Bonchev–Trinajstić information content (AvgIpc) is 2.22. The summed E-state index contributed by atoms with van der Waals surface area (Å²) >= 11 is 0. The van der Waals surface area contributed by atoms with Crippen LogP contribution in [0.15, 0.2) is 24.3 Å². The molecule has 6 heteroatoms. The highest BCUT2D eigenvalue weighted by molar-refractivity contribution is 7.87. The van der Waals surface area contributed by atoms with Gasteiger partial charge in [-0.3, -0.25) is 14.1 Å². The van der Waals surface area contributed by atoms with Crippen LogP contribution in [0.5, 0.6) is 0 Å². The number of carbonyl (C=O) groups is 2. The third-order valence-electron chi connectivity index (χ3n) is 2.52. The Morgan fingerprint density at radius 1 is 1.12 bits per heavy atom. The molecular formula is C10H8O5S. The minimum atomic E-state index is -4.52. The normalized spacial score (nSPS) is 20.7. The number of rotatable bonds is 1. The summed E-state index contributed by atoms with van der Waals surface area (Å²) < 4.78 is 30.7. The van der Waals surface area contributed by atoms with E-state index >= 15 is 0 Å². The Bertz CT molecular complexity index is 573. The van der Waals surface area contributed by atoms with Gasteiger partial charge in [-0.1, -0.05) is 24.3 Å². The fourth-order valence-corrected chi connectivity index (χ4v) is 2.49. The average molecular weight is 240 g/mol. The SMILES string of the molecule is O=C1C[C@@H](S(=O)(=O)O)C(=O)c2ccccc21. The molecule has 0 aliphatic heterocycles. The molecule has 16 heavy (non-hydrogen) atoms. The number of hydrogen-bond acceptors (Lipinski definition) is 4. The van der Waals surface area contributed by atoms with Gasteiger partial charge in [0.05, 0.1) is 0 Å². The molecule has 0 saturated heterocycles. The van der Waals surface area contributed by atoms with Crippen molar-refractivity contribution in [1.82, 2.24) is 0 Å². The number of carbonyl (C=O) groups excluding carboxylic acids is 2. The fraction of sp³-hybridized carbons (Fsp3) is 0.200. The monoisotopic (exact) mass is 240 g/mol. The smallest absolute Gasteiger partial charge is 0.275 e. The first-order valence-corrected chi connectivity index (χ1v) is 6.04. The predicted molar refractivity (Wildman–Crippen MR) is 55.1 cm³/mol. The Hall–Kier alpha value is -1.53. The zero-order chi connectivity index (χ0) is 11.9. The molecule has 2 rings (SSSR count).